The Kier molecular flexibility index (Phi) is 5.39. The van der Waals surface area contributed by atoms with Gasteiger partial charge in [0.15, 0.2) is 0 Å². The third kappa shape index (κ3) is 4.59. The molecule has 3 N–H and O–H groups in total. The van der Waals surface area contributed by atoms with Gasteiger partial charge in [-0.1, -0.05) is 6.07 Å². The number of carbonyl (C=O) groups excluding carboxylic acids is 1. The summed E-state index contributed by atoms with van der Waals surface area (Å²) in [5.41, 5.74) is -0.171. The summed E-state index contributed by atoms with van der Waals surface area (Å²) in [5.74, 6) is -0.650. The Morgan fingerprint density at radius 2 is 2.22 bits per heavy atom. The van der Waals surface area contributed by atoms with Gasteiger partial charge in [0, 0.05) is 5.56 Å². The van der Waals surface area contributed by atoms with Crippen molar-refractivity contribution in [3.8, 4) is 5.75 Å². The van der Waals surface area contributed by atoms with Crippen molar-refractivity contribution in [1.29, 1.82) is 0 Å². The van der Waals surface area contributed by atoms with Crippen LogP contribution in [0.2, 0.25) is 0 Å². The molecule has 1 heterocycles. The fourth-order valence-corrected chi connectivity index (χ4v) is 1.83. The van der Waals surface area contributed by atoms with E-state index in [-0.39, 0.29) is 17.9 Å². The molecule has 0 saturated carbocycles. The molecule has 1 aromatic carbocycles. The summed E-state index contributed by atoms with van der Waals surface area (Å²) >= 11 is 0. The average molecular weight is 329 g/mol. The van der Waals surface area contributed by atoms with Crippen LogP contribution in [0.4, 0.5) is 18.0 Å². The molecular formula is C13H14F3N5O2. The Hall–Kier alpha value is -2.78. The molecule has 0 fully saturated rings. The molecule has 7 nitrogen and oxygen atoms in total. The van der Waals surface area contributed by atoms with Crippen molar-refractivity contribution in [2.75, 3.05) is 0 Å². The zero-order chi connectivity index (χ0) is 16.8. The lowest BCUT2D eigenvalue weighted by Gasteiger charge is -2.14. The first kappa shape index (κ1) is 16.6. The van der Waals surface area contributed by atoms with Crippen LogP contribution in [0.1, 0.15) is 24.4 Å². The highest BCUT2D eigenvalue weighted by atomic mass is 19.3. The van der Waals surface area contributed by atoms with Crippen LogP contribution in [0.15, 0.2) is 24.5 Å². The number of amides is 2. The number of benzene rings is 1. The standard InChI is InChI=1S/C13H14F3N5O2/c1-7(11-18-6-19-21-11)20-13(22)17-5-8-9(14)3-2-4-10(8)23-12(15)16/h2-4,6-7,12H,5H2,1H3,(H2,17,20,22)(H,18,19,21). The molecule has 2 aromatic rings. The van der Waals surface area contributed by atoms with E-state index < -0.39 is 24.5 Å². The maximum Gasteiger partial charge on any atom is 0.387 e. The fraction of sp³-hybridized carbons (Fsp3) is 0.308. The normalized spacial score (nSPS) is 12.0. The molecule has 10 heteroatoms. The van der Waals surface area contributed by atoms with Crippen LogP contribution in [-0.2, 0) is 6.54 Å². The highest BCUT2D eigenvalue weighted by molar-refractivity contribution is 5.74. The minimum atomic E-state index is -3.09. The van der Waals surface area contributed by atoms with Crippen LogP contribution in [0, 0.1) is 5.82 Å². The first-order valence-electron chi connectivity index (χ1n) is 6.59. The molecule has 2 rings (SSSR count). The second-order valence-electron chi connectivity index (χ2n) is 4.51. The van der Waals surface area contributed by atoms with Gasteiger partial charge in [-0.3, -0.25) is 5.10 Å². The largest absolute Gasteiger partial charge is 0.434 e. The summed E-state index contributed by atoms with van der Waals surface area (Å²) in [5, 5.41) is 11.1. The number of hydrogen-bond donors (Lipinski definition) is 3. The van der Waals surface area contributed by atoms with E-state index in [0.717, 1.165) is 6.07 Å². The van der Waals surface area contributed by atoms with Crippen LogP contribution in [-0.4, -0.2) is 27.8 Å². The maximum atomic E-state index is 13.7. The van der Waals surface area contributed by atoms with Crippen LogP contribution in [0.5, 0.6) is 5.75 Å². The lowest BCUT2D eigenvalue weighted by molar-refractivity contribution is -0.0506. The van der Waals surface area contributed by atoms with Crippen molar-refractivity contribution in [1.82, 2.24) is 25.8 Å². The molecule has 1 atom stereocenters. The second-order valence-corrected chi connectivity index (χ2v) is 4.51. The molecule has 0 aliphatic carbocycles. The zero-order valence-corrected chi connectivity index (χ0v) is 12.0. The van der Waals surface area contributed by atoms with Gasteiger partial charge in [-0.25, -0.2) is 14.2 Å². The molecule has 0 radical (unpaired) electrons. The van der Waals surface area contributed by atoms with Crippen LogP contribution >= 0.6 is 0 Å². The van der Waals surface area contributed by atoms with Gasteiger partial charge in [0.05, 0.1) is 12.6 Å². The lowest BCUT2D eigenvalue weighted by atomic mass is 10.2. The van der Waals surface area contributed by atoms with Crippen molar-refractivity contribution in [2.24, 2.45) is 0 Å². The summed E-state index contributed by atoms with van der Waals surface area (Å²) < 4.78 is 42.5. The number of rotatable bonds is 6. The number of halogens is 3. The lowest BCUT2D eigenvalue weighted by Crippen LogP contribution is -2.37. The minimum Gasteiger partial charge on any atom is -0.434 e. The predicted molar refractivity (Wildman–Crippen MR) is 73.2 cm³/mol. The second kappa shape index (κ2) is 7.47. The SMILES string of the molecule is CC(NC(=O)NCc1c(F)cccc1OC(F)F)c1ncn[nH]1. The highest BCUT2D eigenvalue weighted by Crippen LogP contribution is 2.23. The van der Waals surface area contributed by atoms with Gasteiger partial charge in [-0.2, -0.15) is 13.9 Å². The van der Waals surface area contributed by atoms with Crippen molar-refractivity contribution in [3.05, 3.63) is 41.7 Å². The van der Waals surface area contributed by atoms with Crippen molar-refractivity contribution in [2.45, 2.75) is 26.1 Å². The number of carbonyl (C=O) groups is 1. The van der Waals surface area contributed by atoms with E-state index in [0.29, 0.717) is 5.82 Å². The number of hydrogen-bond acceptors (Lipinski definition) is 4. The monoisotopic (exact) mass is 329 g/mol. The van der Waals surface area contributed by atoms with Gasteiger partial charge >= 0.3 is 12.6 Å². The first-order chi connectivity index (χ1) is 11.0. The summed E-state index contributed by atoms with van der Waals surface area (Å²) in [6.07, 6.45) is 1.29. The Morgan fingerprint density at radius 3 is 2.87 bits per heavy atom. The minimum absolute atomic E-state index is 0.171. The molecule has 0 spiro atoms. The number of urea groups is 1. The Morgan fingerprint density at radius 1 is 1.43 bits per heavy atom. The van der Waals surface area contributed by atoms with E-state index in [4.69, 9.17) is 0 Å². The molecule has 2 amide bonds. The van der Waals surface area contributed by atoms with Gasteiger partial charge in [0.1, 0.15) is 23.7 Å². The van der Waals surface area contributed by atoms with Crippen molar-refractivity contribution >= 4 is 6.03 Å². The van der Waals surface area contributed by atoms with E-state index in [9.17, 15) is 18.0 Å². The third-order valence-corrected chi connectivity index (χ3v) is 2.91. The van der Waals surface area contributed by atoms with E-state index in [1.165, 1.54) is 18.5 Å². The number of nitrogens with zero attached hydrogens (tertiary/aromatic N) is 2. The molecule has 0 saturated heterocycles. The number of aromatic nitrogens is 3. The third-order valence-electron chi connectivity index (χ3n) is 2.91. The molecule has 1 aromatic heterocycles. The predicted octanol–water partition coefficient (Wildman–Crippen LogP) is 2.11. The molecule has 23 heavy (non-hydrogen) atoms. The van der Waals surface area contributed by atoms with E-state index in [1.807, 2.05) is 0 Å². The number of aromatic amines is 1. The van der Waals surface area contributed by atoms with Crippen LogP contribution < -0.4 is 15.4 Å². The topological polar surface area (TPSA) is 91.9 Å². The molecule has 1 unspecified atom stereocenters. The summed E-state index contributed by atoms with van der Waals surface area (Å²) in [6.45, 7) is -1.74. The summed E-state index contributed by atoms with van der Waals surface area (Å²) in [4.78, 5) is 15.6. The summed E-state index contributed by atoms with van der Waals surface area (Å²) in [6, 6.07) is 2.43. The van der Waals surface area contributed by atoms with Gasteiger partial charge < -0.3 is 15.4 Å². The fourth-order valence-electron chi connectivity index (χ4n) is 1.83. The van der Waals surface area contributed by atoms with E-state index >= 15 is 0 Å². The van der Waals surface area contributed by atoms with Crippen LogP contribution in [0.3, 0.4) is 0 Å². The van der Waals surface area contributed by atoms with Crippen molar-refractivity contribution in [3.63, 3.8) is 0 Å². The number of alkyl halides is 2. The van der Waals surface area contributed by atoms with Gasteiger partial charge in [-0.15, -0.1) is 0 Å². The first-order valence-corrected chi connectivity index (χ1v) is 6.59. The Labute approximate surface area is 129 Å². The quantitative estimate of drug-likeness (QED) is 0.757. The number of H-pyrrole nitrogens is 1. The van der Waals surface area contributed by atoms with E-state index in [1.54, 1.807) is 6.92 Å². The maximum absolute atomic E-state index is 13.7. The number of nitrogens with one attached hydrogen (secondary N) is 3. The Bertz CT molecular complexity index is 651. The average Bonchev–Trinajstić information content (AvgIpc) is 3.00. The number of ether oxygens (including phenoxy) is 1. The molecule has 0 aliphatic heterocycles. The van der Waals surface area contributed by atoms with Gasteiger partial charge in [-0.05, 0) is 19.1 Å². The molecule has 0 bridgehead atoms. The van der Waals surface area contributed by atoms with Gasteiger partial charge in [0.25, 0.3) is 0 Å². The van der Waals surface area contributed by atoms with Gasteiger partial charge in [0.2, 0.25) is 0 Å². The van der Waals surface area contributed by atoms with E-state index in [2.05, 4.69) is 30.6 Å². The molecule has 124 valence electrons. The highest BCUT2D eigenvalue weighted by Gasteiger charge is 2.16. The summed E-state index contributed by atoms with van der Waals surface area (Å²) in [7, 11) is 0. The smallest absolute Gasteiger partial charge is 0.387 e. The van der Waals surface area contributed by atoms with Crippen molar-refractivity contribution < 1.29 is 22.7 Å². The molecular weight excluding hydrogens is 315 g/mol. The zero-order valence-electron chi connectivity index (χ0n) is 12.0. The Balaban J connectivity index is 1.96. The van der Waals surface area contributed by atoms with Crippen LogP contribution in [0.25, 0.3) is 0 Å². The molecule has 0 aliphatic rings.